The number of benzene rings is 1. The van der Waals surface area contributed by atoms with Crippen molar-refractivity contribution in [3.63, 3.8) is 0 Å². The van der Waals surface area contributed by atoms with E-state index in [4.69, 9.17) is 0 Å². The molecule has 1 aromatic heterocycles. The Morgan fingerprint density at radius 3 is 2.53 bits per heavy atom. The highest BCUT2D eigenvalue weighted by atomic mass is 15.2. The van der Waals surface area contributed by atoms with Crippen molar-refractivity contribution in [2.45, 2.75) is 32.9 Å². The first kappa shape index (κ1) is 12.1. The lowest BCUT2D eigenvalue weighted by atomic mass is 10.1. The molecule has 0 unspecified atom stereocenters. The summed E-state index contributed by atoms with van der Waals surface area (Å²) in [6.07, 6.45) is 1.90. The number of rotatable bonds is 2. The molecular formula is C15H20N2. The van der Waals surface area contributed by atoms with E-state index < -0.39 is 0 Å². The van der Waals surface area contributed by atoms with Crippen molar-refractivity contribution in [1.29, 1.82) is 0 Å². The fourth-order valence-electron chi connectivity index (χ4n) is 1.77. The van der Waals surface area contributed by atoms with Gasteiger partial charge in [-0.1, -0.05) is 24.3 Å². The Morgan fingerprint density at radius 1 is 1.12 bits per heavy atom. The van der Waals surface area contributed by atoms with Crippen LogP contribution in [0.5, 0.6) is 0 Å². The smallest absolute Gasteiger partial charge is 0.0622 e. The summed E-state index contributed by atoms with van der Waals surface area (Å²) in [5, 5.41) is 2.52. The molecule has 0 fully saturated rings. The molecule has 17 heavy (non-hydrogen) atoms. The van der Waals surface area contributed by atoms with Crippen LogP contribution in [0.4, 0.5) is 0 Å². The maximum Gasteiger partial charge on any atom is 0.0622 e. The molecule has 0 saturated carbocycles. The second kappa shape index (κ2) is 4.46. The molecule has 90 valence electrons. The Bertz CT molecular complexity index is 506. The van der Waals surface area contributed by atoms with Gasteiger partial charge >= 0.3 is 0 Å². The van der Waals surface area contributed by atoms with Gasteiger partial charge in [0.05, 0.1) is 5.69 Å². The fraction of sp³-hybridized carbons (Fsp3) is 0.400. The number of nitrogens with zero attached hydrogens (tertiary/aromatic N) is 2. The normalized spacial score (nSPS) is 12.3. The fourth-order valence-corrected chi connectivity index (χ4v) is 1.77. The molecule has 0 atom stereocenters. The quantitative estimate of drug-likeness (QED) is 0.782. The van der Waals surface area contributed by atoms with Crippen molar-refractivity contribution in [1.82, 2.24) is 9.88 Å². The number of hydrogen-bond donors (Lipinski definition) is 0. The third kappa shape index (κ3) is 2.64. The zero-order valence-electron chi connectivity index (χ0n) is 11.1. The summed E-state index contributed by atoms with van der Waals surface area (Å²) in [7, 11) is 2.14. The van der Waals surface area contributed by atoms with Gasteiger partial charge in [0.1, 0.15) is 0 Å². The van der Waals surface area contributed by atoms with E-state index in [-0.39, 0.29) is 5.54 Å². The van der Waals surface area contributed by atoms with Crippen molar-refractivity contribution in [2.24, 2.45) is 0 Å². The molecule has 1 heterocycles. The predicted molar refractivity (Wildman–Crippen MR) is 73.0 cm³/mol. The number of hydrogen-bond acceptors (Lipinski definition) is 2. The molecule has 0 aliphatic carbocycles. The Balaban J connectivity index is 2.36. The molecule has 0 aliphatic rings. The van der Waals surface area contributed by atoms with Crippen LogP contribution in [-0.4, -0.2) is 22.5 Å². The number of fused-ring (bicyclic) bond motifs is 1. The Morgan fingerprint density at radius 2 is 1.82 bits per heavy atom. The molecule has 0 saturated heterocycles. The van der Waals surface area contributed by atoms with Gasteiger partial charge in [-0.05, 0) is 39.3 Å². The minimum Gasteiger partial charge on any atom is -0.296 e. The van der Waals surface area contributed by atoms with Gasteiger partial charge in [0.15, 0.2) is 0 Å². The van der Waals surface area contributed by atoms with E-state index in [1.165, 1.54) is 10.8 Å². The summed E-state index contributed by atoms with van der Waals surface area (Å²) in [5.74, 6) is 0. The Kier molecular flexibility index (Phi) is 3.16. The van der Waals surface area contributed by atoms with Gasteiger partial charge in [-0.2, -0.15) is 0 Å². The topological polar surface area (TPSA) is 16.1 Å². The van der Waals surface area contributed by atoms with E-state index in [0.717, 1.165) is 12.2 Å². The zero-order chi connectivity index (χ0) is 12.5. The zero-order valence-corrected chi connectivity index (χ0v) is 11.1. The number of pyridine rings is 1. The minimum atomic E-state index is 0.165. The summed E-state index contributed by atoms with van der Waals surface area (Å²) in [5.41, 5.74) is 1.32. The molecule has 2 rings (SSSR count). The second-order valence-corrected chi connectivity index (χ2v) is 5.51. The molecule has 0 aliphatic heterocycles. The van der Waals surface area contributed by atoms with E-state index in [1.54, 1.807) is 0 Å². The lowest BCUT2D eigenvalue weighted by molar-refractivity contribution is 0.166. The van der Waals surface area contributed by atoms with E-state index in [1.807, 2.05) is 6.20 Å². The van der Waals surface area contributed by atoms with Crippen LogP contribution in [0.2, 0.25) is 0 Å². The van der Waals surface area contributed by atoms with Crippen LogP contribution in [0.25, 0.3) is 10.8 Å². The average Bonchev–Trinajstić information content (AvgIpc) is 2.28. The monoisotopic (exact) mass is 228 g/mol. The van der Waals surface area contributed by atoms with E-state index >= 15 is 0 Å². The van der Waals surface area contributed by atoms with Crippen LogP contribution in [0.1, 0.15) is 26.5 Å². The highest BCUT2D eigenvalue weighted by molar-refractivity contribution is 5.84. The first-order valence-corrected chi connectivity index (χ1v) is 6.02. The Hall–Kier alpha value is -1.41. The van der Waals surface area contributed by atoms with Crippen molar-refractivity contribution in [3.05, 3.63) is 42.2 Å². The summed E-state index contributed by atoms with van der Waals surface area (Å²) < 4.78 is 0. The van der Waals surface area contributed by atoms with Crippen LogP contribution in [-0.2, 0) is 6.54 Å². The summed E-state index contributed by atoms with van der Waals surface area (Å²) in [6, 6.07) is 10.5. The standard InChI is InChI=1S/C15H20N2/c1-15(2,3)17(4)11-14-13-8-6-5-7-12(13)9-10-16-14/h5-10H,11H2,1-4H3. The van der Waals surface area contributed by atoms with Gasteiger partial charge in [-0.3, -0.25) is 9.88 Å². The largest absolute Gasteiger partial charge is 0.296 e. The molecule has 1 aromatic carbocycles. The maximum absolute atomic E-state index is 4.52. The van der Waals surface area contributed by atoms with E-state index in [9.17, 15) is 0 Å². The van der Waals surface area contributed by atoms with Crippen LogP contribution in [0, 0.1) is 0 Å². The first-order valence-electron chi connectivity index (χ1n) is 6.02. The minimum absolute atomic E-state index is 0.165. The van der Waals surface area contributed by atoms with Gasteiger partial charge in [-0.15, -0.1) is 0 Å². The van der Waals surface area contributed by atoms with Crippen molar-refractivity contribution in [3.8, 4) is 0 Å². The molecular weight excluding hydrogens is 208 g/mol. The SMILES string of the molecule is CN(Cc1nccc2ccccc12)C(C)(C)C. The summed E-state index contributed by atoms with van der Waals surface area (Å²) >= 11 is 0. The summed E-state index contributed by atoms with van der Waals surface area (Å²) in [4.78, 5) is 6.84. The molecule has 2 nitrogen and oxygen atoms in total. The van der Waals surface area contributed by atoms with Gasteiger partial charge in [0.2, 0.25) is 0 Å². The Labute approximate surface area is 103 Å². The van der Waals surface area contributed by atoms with Gasteiger partial charge in [-0.25, -0.2) is 0 Å². The molecule has 0 amide bonds. The van der Waals surface area contributed by atoms with Crippen molar-refractivity contribution in [2.75, 3.05) is 7.05 Å². The second-order valence-electron chi connectivity index (χ2n) is 5.51. The highest BCUT2D eigenvalue weighted by Crippen LogP contribution is 2.20. The molecule has 2 heteroatoms. The van der Waals surface area contributed by atoms with Crippen LogP contribution in [0.15, 0.2) is 36.5 Å². The lowest BCUT2D eigenvalue weighted by Crippen LogP contribution is -2.37. The van der Waals surface area contributed by atoms with Crippen molar-refractivity contribution >= 4 is 10.8 Å². The van der Waals surface area contributed by atoms with Gasteiger partial charge in [0, 0.05) is 23.7 Å². The third-order valence-corrected chi connectivity index (χ3v) is 3.29. The summed E-state index contributed by atoms with van der Waals surface area (Å²) in [6.45, 7) is 7.54. The first-order chi connectivity index (χ1) is 7.98. The lowest BCUT2D eigenvalue weighted by Gasteiger charge is -2.31. The van der Waals surface area contributed by atoms with Gasteiger partial charge < -0.3 is 0 Å². The van der Waals surface area contributed by atoms with Crippen LogP contribution >= 0.6 is 0 Å². The average molecular weight is 228 g/mol. The van der Waals surface area contributed by atoms with Crippen LogP contribution < -0.4 is 0 Å². The molecule has 0 N–H and O–H groups in total. The third-order valence-electron chi connectivity index (χ3n) is 3.29. The van der Waals surface area contributed by atoms with Gasteiger partial charge in [0.25, 0.3) is 0 Å². The maximum atomic E-state index is 4.52. The molecule has 0 bridgehead atoms. The van der Waals surface area contributed by atoms with Crippen LogP contribution in [0.3, 0.4) is 0 Å². The number of aromatic nitrogens is 1. The predicted octanol–water partition coefficient (Wildman–Crippen LogP) is 3.47. The van der Waals surface area contributed by atoms with E-state index in [0.29, 0.717) is 0 Å². The molecule has 0 radical (unpaired) electrons. The molecule has 2 aromatic rings. The van der Waals surface area contributed by atoms with E-state index in [2.05, 4.69) is 68.0 Å². The molecule has 0 spiro atoms. The highest BCUT2D eigenvalue weighted by Gasteiger charge is 2.18. The van der Waals surface area contributed by atoms with Crippen molar-refractivity contribution < 1.29 is 0 Å².